The zero-order chi connectivity index (χ0) is 13.7. The first-order valence-corrected chi connectivity index (χ1v) is 6.78. The van der Waals surface area contributed by atoms with Crippen LogP contribution < -0.4 is 10.6 Å². The number of carbonyl (C=O) groups excluding carboxylic acids is 1. The summed E-state index contributed by atoms with van der Waals surface area (Å²) in [5.41, 5.74) is 0.822. The molecule has 1 heterocycles. The van der Waals surface area contributed by atoms with Gasteiger partial charge in [0.1, 0.15) is 5.82 Å². The Hall–Kier alpha value is -1.49. The van der Waals surface area contributed by atoms with E-state index < -0.39 is 0 Å². The van der Waals surface area contributed by atoms with Gasteiger partial charge in [-0.25, -0.2) is 4.39 Å². The second-order valence-corrected chi connectivity index (χ2v) is 5.06. The summed E-state index contributed by atoms with van der Waals surface area (Å²) in [7, 11) is 0. The van der Waals surface area contributed by atoms with Crippen molar-refractivity contribution in [2.24, 2.45) is 0 Å². The van der Waals surface area contributed by atoms with Crippen molar-refractivity contribution in [2.75, 3.05) is 6.54 Å². The molecule has 2 N–H and O–H groups in total. The molecular formula is C14H20FN3O. The van der Waals surface area contributed by atoms with Crippen molar-refractivity contribution >= 4 is 5.91 Å². The third-order valence-electron chi connectivity index (χ3n) is 3.20. The molecule has 4 nitrogen and oxygen atoms in total. The molecule has 0 radical (unpaired) electrons. The lowest BCUT2D eigenvalue weighted by Gasteiger charge is -2.13. The Morgan fingerprint density at radius 3 is 3.00 bits per heavy atom. The molecule has 2 rings (SSSR count). The highest BCUT2D eigenvalue weighted by Gasteiger charge is 2.22. The van der Waals surface area contributed by atoms with E-state index in [9.17, 15) is 9.18 Å². The number of pyridine rings is 1. The van der Waals surface area contributed by atoms with Crippen LogP contribution in [0.3, 0.4) is 0 Å². The molecule has 0 bridgehead atoms. The van der Waals surface area contributed by atoms with Crippen molar-refractivity contribution in [1.82, 2.24) is 15.6 Å². The normalized spacial score (nSPS) is 16.1. The van der Waals surface area contributed by atoms with Crippen LogP contribution in [0.15, 0.2) is 18.5 Å². The van der Waals surface area contributed by atoms with Gasteiger partial charge in [0.05, 0.1) is 6.20 Å². The first-order valence-electron chi connectivity index (χ1n) is 6.78. The van der Waals surface area contributed by atoms with E-state index in [1.807, 2.05) is 6.92 Å². The van der Waals surface area contributed by atoms with Crippen molar-refractivity contribution in [3.8, 4) is 0 Å². The summed E-state index contributed by atoms with van der Waals surface area (Å²) in [4.78, 5) is 15.3. The molecular weight excluding hydrogens is 245 g/mol. The van der Waals surface area contributed by atoms with Crippen LogP contribution >= 0.6 is 0 Å². The fraction of sp³-hybridized carbons (Fsp3) is 0.571. The predicted octanol–water partition coefficient (Wildman–Crippen LogP) is 1.93. The Morgan fingerprint density at radius 2 is 2.32 bits per heavy atom. The van der Waals surface area contributed by atoms with Crippen LogP contribution in [0.2, 0.25) is 0 Å². The summed E-state index contributed by atoms with van der Waals surface area (Å²) in [5.74, 6) is -0.195. The van der Waals surface area contributed by atoms with Crippen LogP contribution in [0.5, 0.6) is 0 Å². The van der Waals surface area contributed by atoms with E-state index in [2.05, 4.69) is 15.6 Å². The highest BCUT2D eigenvalue weighted by molar-refractivity contribution is 5.76. The maximum absolute atomic E-state index is 13.0. The lowest BCUT2D eigenvalue weighted by atomic mass is 10.1. The van der Waals surface area contributed by atoms with Crippen molar-refractivity contribution < 1.29 is 9.18 Å². The number of hydrogen-bond acceptors (Lipinski definition) is 3. The molecule has 1 aliphatic carbocycles. The molecule has 1 aromatic heterocycles. The monoisotopic (exact) mass is 265 g/mol. The number of nitrogens with zero attached hydrogens (tertiary/aromatic N) is 1. The fourth-order valence-corrected chi connectivity index (χ4v) is 1.88. The molecule has 5 heteroatoms. The number of amides is 1. The molecule has 0 aromatic carbocycles. The molecule has 1 aromatic rings. The quantitative estimate of drug-likeness (QED) is 0.741. The molecule has 0 spiro atoms. The van der Waals surface area contributed by atoms with Gasteiger partial charge < -0.3 is 10.6 Å². The Balaban J connectivity index is 1.63. The van der Waals surface area contributed by atoms with Gasteiger partial charge >= 0.3 is 0 Å². The fourth-order valence-electron chi connectivity index (χ4n) is 1.88. The van der Waals surface area contributed by atoms with E-state index >= 15 is 0 Å². The van der Waals surface area contributed by atoms with Gasteiger partial charge in [0.15, 0.2) is 0 Å². The second kappa shape index (κ2) is 6.61. The van der Waals surface area contributed by atoms with Crippen LogP contribution in [0.1, 0.15) is 44.2 Å². The molecule has 1 fully saturated rings. The topological polar surface area (TPSA) is 54.0 Å². The van der Waals surface area contributed by atoms with Gasteiger partial charge in [-0.05, 0) is 44.4 Å². The van der Waals surface area contributed by atoms with Crippen LogP contribution in [0.4, 0.5) is 4.39 Å². The lowest BCUT2D eigenvalue weighted by Crippen LogP contribution is -2.27. The second-order valence-electron chi connectivity index (χ2n) is 5.06. The van der Waals surface area contributed by atoms with Gasteiger partial charge in [-0.15, -0.1) is 0 Å². The molecule has 104 valence electrons. The summed E-state index contributed by atoms with van der Waals surface area (Å²) < 4.78 is 13.0. The Kier molecular flexibility index (Phi) is 4.85. The van der Waals surface area contributed by atoms with Crippen molar-refractivity contribution in [3.05, 3.63) is 29.8 Å². The van der Waals surface area contributed by atoms with Gasteiger partial charge in [-0.1, -0.05) is 0 Å². The van der Waals surface area contributed by atoms with Gasteiger partial charge in [-0.3, -0.25) is 9.78 Å². The summed E-state index contributed by atoms with van der Waals surface area (Å²) in [6.45, 7) is 2.69. The number of nitrogens with one attached hydrogen (secondary N) is 2. The SMILES string of the molecule is CC(NCCCC(=O)NC1CC1)c1cncc(F)c1. The third-order valence-corrected chi connectivity index (χ3v) is 3.20. The van der Waals surface area contributed by atoms with E-state index in [0.717, 1.165) is 31.4 Å². The van der Waals surface area contributed by atoms with Gasteiger partial charge in [0.2, 0.25) is 5.91 Å². The Labute approximate surface area is 112 Å². The zero-order valence-corrected chi connectivity index (χ0v) is 11.2. The van der Waals surface area contributed by atoms with Crippen molar-refractivity contribution in [1.29, 1.82) is 0 Å². The van der Waals surface area contributed by atoms with Crippen LogP contribution in [0, 0.1) is 5.82 Å². The van der Waals surface area contributed by atoms with E-state index in [0.29, 0.717) is 12.5 Å². The Bertz CT molecular complexity index is 434. The summed E-state index contributed by atoms with van der Waals surface area (Å²) in [6, 6.07) is 1.94. The standard InChI is InChI=1S/C14H20FN3O/c1-10(11-7-12(15)9-16-8-11)17-6-2-3-14(19)18-13-4-5-13/h7-10,13,17H,2-6H2,1H3,(H,18,19). The molecule has 1 aliphatic rings. The van der Waals surface area contributed by atoms with E-state index in [1.165, 1.54) is 12.3 Å². The average molecular weight is 265 g/mol. The van der Waals surface area contributed by atoms with Crippen LogP contribution in [-0.2, 0) is 4.79 Å². The van der Waals surface area contributed by atoms with Gasteiger partial charge in [0.25, 0.3) is 0 Å². The van der Waals surface area contributed by atoms with E-state index in [4.69, 9.17) is 0 Å². The molecule has 0 saturated heterocycles. The van der Waals surface area contributed by atoms with E-state index in [1.54, 1.807) is 6.20 Å². The number of carbonyl (C=O) groups is 1. The number of hydrogen-bond donors (Lipinski definition) is 2. The number of aromatic nitrogens is 1. The average Bonchev–Trinajstić information content (AvgIpc) is 3.18. The Morgan fingerprint density at radius 1 is 1.53 bits per heavy atom. The van der Waals surface area contributed by atoms with Crippen molar-refractivity contribution in [3.63, 3.8) is 0 Å². The van der Waals surface area contributed by atoms with Crippen LogP contribution in [0.25, 0.3) is 0 Å². The van der Waals surface area contributed by atoms with Crippen LogP contribution in [-0.4, -0.2) is 23.5 Å². The summed E-state index contributed by atoms with van der Waals surface area (Å²) in [6.07, 6.45) is 6.41. The smallest absolute Gasteiger partial charge is 0.220 e. The molecule has 0 aliphatic heterocycles. The lowest BCUT2D eigenvalue weighted by molar-refractivity contribution is -0.121. The molecule has 1 atom stereocenters. The summed E-state index contributed by atoms with van der Waals surface area (Å²) >= 11 is 0. The van der Waals surface area contributed by atoms with Gasteiger partial charge in [-0.2, -0.15) is 0 Å². The highest BCUT2D eigenvalue weighted by atomic mass is 19.1. The maximum Gasteiger partial charge on any atom is 0.220 e. The maximum atomic E-state index is 13.0. The third kappa shape index (κ3) is 4.95. The van der Waals surface area contributed by atoms with Gasteiger partial charge in [0, 0.05) is 24.7 Å². The predicted molar refractivity (Wildman–Crippen MR) is 71.0 cm³/mol. The molecule has 1 unspecified atom stereocenters. The molecule has 1 amide bonds. The first-order chi connectivity index (χ1) is 9.15. The van der Waals surface area contributed by atoms with Crippen molar-refractivity contribution in [2.45, 2.75) is 44.7 Å². The minimum atomic E-state index is -0.324. The highest BCUT2D eigenvalue weighted by Crippen LogP contribution is 2.18. The zero-order valence-electron chi connectivity index (χ0n) is 11.2. The van der Waals surface area contributed by atoms with E-state index in [-0.39, 0.29) is 17.8 Å². The number of rotatable bonds is 7. The molecule has 1 saturated carbocycles. The minimum Gasteiger partial charge on any atom is -0.353 e. The number of halogens is 1. The molecule has 19 heavy (non-hydrogen) atoms. The summed E-state index contributed by atoms with van der Waals surface area (Å²) in [5, 5.41) is 6.22. The largest absolute Gasteiger partial charge is 0.353 e. The minimum absolute atomic E-state index is 0.0368. The first kappa shape index (κ1) is 13.9.